The molecule has 0 saturated carbocycles. The number of rotatable bonds is 3. The lowest BCUT2D eigenvalue weighted by Crippen LogP contribution is -1.94. The highest BCUT2D eigenvalue weighted by Crippen LogP contribution is 2.49. The summed E-state index contributed by atoms with van der Waals surface area (Å²) in [5.74, 6) is 0. The van der Waals surface area contributed by atoms with E-state index in [2.05, 4.69) is 150 Å². The Morgan fingerprint density at radius 2 is 1.20 bits per heavy atom. The first kappa shape index (κ1) is 24.3. The third-order valence-corrected chi connectivity index (χ3v) is 9.41. The molecule has 0 atom stereocenters. The van der Waals surface area contributed by atoms with Gasteiger partial charge in [0.15, 0.2) is 0 Å². The maximum atomic E-state index is 4.79. The van der Waals surface area contributed by atoms with Gasteiger partial charge in [0.25, 0.3) is 0 Å². The van der Waals surface area contributed by atoms with E-state index in [0.717, 1.165) is 38.4 Å². The van der Waals surface area contributed by atoms with Gasteiger partial charge < -0.3 is 4.57 Å². The summed E-state index contributed by atoms with van der Waals surface area (Å²) in [6, 6.07) is 57.2. The normalized spacial score (nSPS) is 11.8. The zero-order valence-electron chi connectivity index (χ0n) is 24.3. The van der Waals surface area contributed by atoms with Crippen molar-refractivity contribution < 1.29 is 0 Å². The molecule has 0 spiro atoms. The summed E-state index contributed by atoms with van der Waals surface area (Å²) in [5.41, 5.74) is 14.4. The molecule has 9 aromatic rings. The first-order valence-corrected chi connectivity index (χ1v) is 15.3. The molecule has 7 aromatic carbocycles. The van der Waals surface area contributed by atoms with Gasteiger partial charge in [-0.15, -0.1) is 0 Å². The van der Waals surface area contributed by atoms with Crippen molar-refractivity contribution in [1.29, 1.82) is 0 Å². The number of fused-ring (bicyclic) bond motifs is 8. The van der Waals surface area contributed by atoms with Gasteiger partial charge in [-0.1, -0.05) is 115 Å². The summed E-state index contributed by atoms with van der Waals surface area (Å²) in [7, 11) is 0. The standard InChI is InChI=1S/C43H24N2/c1-2-9-31(10-3-1)45-40-24-20-30(26-39(40)38-21-19-29-8-7-25-44-42(29)43(38)45)27-15-17-28(18-16-27)32-22-23-37-34-12-5-4-11-33(34)36-14-6-13-35(32)41(36)37/h1-18,20,22-26H. The van der Waals surface area contributed by atoms with Crippen molar-refractivity contribution >= 4 is 43.5 Å². The minimum Gasteiger partial charge on any atom is -0.307 e. The van der Waals surface area contributed by atoms with E-state index in [1.807, 2.05) is 12.3 Å². The van der Waals surface area contributed by atoms with Crippen LogP contribution in [0.15, 0.2) is 146 Å². The molecule has 2 aromatic heterocycles. The number of hydrogen-bond donors (Lipinski definition) is 0. The monoisotopic (exact) mass is 568 g/mol. The Bertz CT molecular complexity index is 2600. The van der Waals surface area contributed by atoms with Crippen LogP contribution >= 0.6 is 0 Å². The fourth-order valence-corrected chi connectivity index (χ4v) is 7.39. The predicted molar refractivity (Wildman–Crippen MR) is 187 cm³/mol. The van der Waals surface area contributed by atoms with Gasteiger partial charge in [-0.3, -0.25) is 4.98 Å². The Kier molecular flexibility index (Phi) is 4.95. The molecule has 2 heterocycles. The molecule has 0 radical (unpaired) electrons. The fraction of sp³-hybridized carbons (Fsp3) is 0. The lowest BCUT2D eigenvalue weighted by molar-refractivity contribution is 1.18. The molecule has 45 heavy (non-hydrogen) atoms. The molecule has 0 amide bonds. The van der Waals surface area contributed by atoms with Crippen molar-refractivity contribution in [1.82, 2.24) is 9.55 Å². The smallest absolute Gasteiger partial charge is 0.104 e. The van der Waals surface area contributed by atoms with Crippen LogP contribution in [-0.4, -0.2) is 9.55 Å². The van der Waals surface area contributed by atoms with Gasteiger partial charge >= 0.3 is 0 Å². The molecule has 206 valence electrons. The van der Waals surface area contributed by atoms with Crippen LogP contribution < -0.4 is 0 Å². The molecule has 0 bridgehead atoms. The molecular weight excluding hydrogens is 544 g/mol. The van der Waals surface area contributed by atoms with Crippen molar-refractivity contribution in [2.45, 2.75) is 0 Å². The van der Waals surface area contributed by atoms with Crippen LogP contribution in [0, 0.1) is 12.1 Å². The first-order chi connectivity index (χ1) is 22.3. The minimum atomic E-state index is 0.936. The molecule has 10 rings (SSSR count). The average molecular weight is 569 g/mol. The van der Waals surface area contributed by atoms with Gasteiger partial charge in [-0.2, -0.15) is 0 Å². The van der Waals surface area contributed by atoms with Crippen molar-refractivity contribution in [3.8, 4) is 50.2 Å². The molecule has 0 unspecified atom stereocenters. The predicted octanol–water partition coefficient (Wildman–Crippen LogP) is 11.1. The summed E-state index contributed by atoms with van der Waals surface area (Å²) in [4.78, 5) is 4.79. The highest BCUT2D eigenvalue weighted by atomic mass is 15.0. The zero-order valence-corrected chi connectivity index (χ0v) is 24.3. The second-order valence-electron chi connectivity index (χ2n) is 11.8. The molecule has 2 heteroatoms. The Hall–Kier alpha value is -6.17. The van der Waals surface area contributed by atoms with Crippen molar-refractivity contribution in [3.05, 3.63) is 158 Å². The highest BCUT2D eigenvalue weighted by Gasteiger charge is 2.22. The van der Waals surface area contributed by atoms with E-state index in [1.165, 1.54) is 55.3 Å². The second kappa shape index (κ2) is 9.16. The molecule has 0 aliphatic heterocycles. The van der Waals surface area contributed by atoms with Gasteiger partial charge in [-0.05, 0) is 91.7 Å². The van der Waals surface area contributed by atoms with Crippen LogP contribution in [0.4, 0.5) is 0 Å². The van der Waals surface area contributed by atoms with Crippen LogP contribution in [-0.2, 0) is 0 Å². The molecule has 2 nitrogen and oxygen atoms in total. The average Bonchev–Trinajstić information content (AvgIpc) is 3.63. The van der Waals surface area contributed by atoms with E-state index in [-0.39, 0.29) is 0 Å². The van der Waals surface area contributed by atoms with Crippen molar-refractivity contribution in [2.75, 3.05) is 0 Å². The number of para-hydroxylation sites is 1. The second-order valence-corrected chi connectivity index (χ2v) is 11.8. The maximum absolute atomic E-state index is 4.79. The van der Waals surface area contributed by atoms with Crippen LogP contribution in [0.2, 0.25) is 0 Å². The number of aromatic nitrogens is 2. The van der Waals surface area contributed by atoms with Gasteiger partial charge in [-0.25, -0.2) is 0 Å². The largest absolute Gasteiger partial charge is 0.307 e. The first-order valence-electron chi connectivity index (χ1n) is 15.3. The minimum absolute atomic E-state index is 0.936. The number of pyridine rings is 1. The maximum Gasteiger partial charge on any atom is 0.104 e. The lowest BCUT2D eigenvalue weighted by atomic mass is 9.93. The topological polar surface area (TPSA) is 17.8 Å². The molecule has 1 aliphatic rings. The van der Waals surface area contributed by atoms with Gasteiger partial charge in [0.2, 0.25) is 0 Å². The Balaban J connectivity index is 1.12. The molecular formula is C43H24N2. The van der Waals surface area contributed by atoms with E-state index in [4.69, 9.17) is 4.98 Å². The Morgan fingerprint density at radius 1 is 0.489 bits per heavy atom. The Morgan fingerprint density at radius 3 is 2.04 bits per heavy atom. The third-order valence-electron chi connectivity index (χ3n) is 9.41. The van der Waals surface area contributed by atoms with E-state index >= 15 is 0 Å². The van der Waals surface area contributed by atoms with Gasteiger partial charge in [0, 0.05) is 17.3 Å². The van der Waals surface area contributed by atoms with Crippen LogP contribution in [0.5, 0.6) is 0 Å². The van der Waals surface area contributed by atoms with Gasteiger partial charge in [0.1, 0.15) is 5.52 Å². The molecule has 0 fully saturated rings. The van der Waals surface area contributed by atoms with Crippen molar-refractivity contribution in [2.24, 2.45) is 0 Å². The highest BCUT2D eigenvalue weighted by molar-refractivity contribution is 6.19. The third kappa shape index (κ3) is 3.44. The molecule has 0 N–H and O–H groups in total. The van der Waals surface area contributed by atoms with Crippen LogP contribution in [0.1, 0.15) is 0 Å². The van der Waals surface area contributed by atoms with Gasteiger partial charge in [0.05, 0.1) is 21.8 Å². The fourth-order valence-electron chi connectivity index (χ4n) is 7.39. The van der Waals surface area contributed by atoms with E-state index in [9.17, 15) is 0 Å². The quantitative estimate of drug-likeness (QED) is 0.207. The van der Waals surface area contributed by atoms with Crippen LogP contribution in [0.3, 0.4) is 0 Å². The van der Waals surface area contributed by atoms with E-state index in [1.54, 1.807) is 0 Å². The van der Waals surface area contributed by atoms with E-state index in [0.29, 0.717) is 0 Å². The van der Waals surface area contributed by atoms with E-state index < -0.39 is 0 Å². The molecule has 0 saturated heterocycles. The summed E-state index contributed by atoms with van der Waals surface area (Å²) < 4.78 is 2.31. The summed E-state index contributed by atoms with van der Waals surface area (Å²) >= 11 is 0. The number of nitrogens with zero attached hydrogens (tertiary/aromatic N) is 2. The lowest BCUT2D eigenvalue weighted by Gasteiger charge is -2.11. The zero-order chi connectivity index (χ0) is 29.5. The summed E-state index contributed by atoms with van der Waals surface area (Å²) in [5, 5.41) is 5.80. The summed E-state index contributed by atoms with van der Waals surface area (Å²) in [6.07, 6.45) is 1.86. The number of hydrogen-bond acceptors (Lipinski definition) is 1. The number of benzene rings is 6. The molecule has 1 aliphatic carbocycles. The Labute approximate surface area is 260 Å². The van der Waals surface area contributed by atoms with Crippen molar-refractivity contribution in [3.63, 3.8) is 0 Å². The SMILES string of the molecule is c1c2cccnc2c2c(c#1)c1cc(-c3ccc(-c4ccc5c6c(cccc46)-c4ccccc4-5)cc3)ccc1n2-c1ccccc1. The van der Waals surface area contributed by atoms with Crippen LogP contribution in [0.25, 0.3) is 93.7 Å². The summed E-state index contributed by atoms with van der Waals surface area (Å²) in [6.45, 7) is 0.